The Morgan fingerprint density at radius 1 is 1.39 bits per heavy atom. The van der Waals surface area contributed by atoms with Gasteiger partial charge in [-0.3, -0.25) is 0 Å². The maximum Gasteiger partial charge on any atom is 0.333 e. The quantitative estimate of drug-likeness (QED) is 0.394. The van der Waals surface area contributed by atoms with E-state index in [9.17, 15) is 4.79 Å². The summed E-state index contributed by atoms with van der Waals surface area (Å²) >= 11 is 6.05. The van der Waals surface area contributed by atoms with Crippen molar-refractivity contribution in [1.82, 2.24) is 0 Å². The number of methoxy groups -OCH3 is 1. The first-order chi connectivity index (χ1) is 8.43. The normalized spacial score (nSPS) is 12.4. The Labute approximate surface area is 112 Å². The number of nitrogens with two attached hydrogens (primary N) is 1. The Hall–Kier alpha value is -1.74. The number of anilines is 1. The van der Waals surface area contributed by atoms with Gasteiger partial charge in [-0.05, 0) is 49.3 Å². The second-order valence-corrected chi connectivity index (χ2v) is 4.40. The van der Waals surface area contributed by atoms with E-state index in [4.69, 9.17) is 17.3 Å². The Balaban J connectivity index is 3.03. The molecule has 0 aliphatic rings. The average molecular weight is 266 g/mol. The number of hydrogen-bond donors (Lipinski definition) is 1. The summed E-state index contributed by atoms with van der Waals surface area (Å²) in [7, 11) is 1.35. The number of rotatable bonds is 3. The maximum atomic E-state index is 11.3. The molecule has 0 fully saturated rings. The summed E-state index contributed by atoms with van der Waals surface area (Å²) < 4.78 is 4.63. The first-order valence-corrected chi connectivity index (χ1v) is 5.81. The van der Waals surface area contributed by atoms with E-state index in [1.165, 1.54) is 7.11 Å². The molecule has 4 heteroatoms. The minimum atomic E-state index is -0.346. The average Bonchev–Trinajstić information content (AvgIpc) is 2.32. The lowest BCUT2D eigenvalue weighted by Gasteiger charge is -2.02. The number of esters is 1. The molecule has 18 heavy (non-hydrogen) atoms. The Morgan fingerprint density at radius 2 is 2.06 bits per heavy atom. The van der Waals surface area contributed by atoms with Crippen LogP contribution in [0.1, 0.15) is 19.4 Å². The minimum absolute atomic E-state index is 0.346. The Bertz CT molecular complexity index is 519. The number of benzene rings is 1. The molecule has 0 amide bonds. The largest absolute Gasteiger partial charge is 0.466 e. The van der Waals surface area contributed by atoms with Crippen LogP contribution in [0.25, 0.3) is 6.08 Å². The molecule has 0 heterocycles. The standard InChI is InChI=1S/C14H16ClNO2/c1-9(6-10(2)14(17)18-3)7-11-8-12(16)4-5-13(11)15/h4-8H,16H2,1-3H3. The van der Waals surface area contributed by atoms with Crippen LogP contribution in [-0.2, 0) is 9.53 Å². The van der Waals surface area contributed by atoms with Crippen LogP contribution in [0, 0.1) is 0 Å². The number of carbonyl (C=O) groups excluding carboxylic acids is 1. The Morgan fingerprint density at radius 3 is 2.67 bits per heavy atom. The van der Waals surface area contributed by atoms with Gasteiger partial charge in [-0.25, -0.2) is 4.79 Å². The number of halogens is 1. The van der Waals surface area contributed by atoms with Crippen LogP contribution >= 0.6 is 11.6 Å². The van der Waals surface area contributed by atoms with E-state index in [-0.39, 0.29) is 5.97 Å². The van der Waals surface area contributed by atoms with E-state index in [0.717, 1.165) is 11.1 Å². The second kappa shape index (κ2) is 6.26. The summed E-state index contributed by atoms with van der Waals surface area (Å²) in [5.74, 6) is -0.346. The maximum absolute atomic E-state index is 11.3. The molecule has 0 aromatic heterocycles. The van der Waals surface area contributed by atoms with Crippen molar-refractivity contribution in [2.45, 2.75) is 13.8 Å². The molecule has 0 unspecified atom stereocenters. The zero-order chi connectivity index (χ0) is 13.7. The highest BCUT2D eigenvalue weighted by Gasteiger charge is 2.03. The molecule has 0 spiro atoms. The first-order valence-electron chi connectivity index (χ1n) is 5.44. The smallest absolute Gasteiger partial charge is 0.333 e. The van der Waals surface area contributed by atoms with Gasteiger partial charge < -0.3 is 10.5 Å². The predicted molar refractivity (Wildman–Crippen MR) is 75.3 cm³/mol. The SMILES string of the molecule is COC(=O)C(C)=CC(C)=Cc1cc(N)ccc1Cl. The van der Waals surface area contributed by atoms with Crippen molar-refractivity contribution in [2.24, 2.45) is 0 Å². The molecule has 1 aromatic rings. The summed E-state index contributed by atoms with van der Waals surface area (Å²) in [6.45, 7) is 3.58. The van der Waals surface area contributed by atoms with Gasteiger partial charge in [0.25, 0.3) is 0 Å². The van der Waals surface area contributed by atoms with Crippen LogP contribution < -0.4 is 5.73 Å². The number of carbonyl (C=O) groups is 1. The van der Waals surface area contributed by atoms with Crippen LogP contribution in [0.2, 0.25) is 5.02 Å². The molecule has 3 nitrogen and oxygen atoms in total. The van der Waals surface area contributed by atoms with Gasteiger partial charge in [0.1, 0.15) is 0 Å². The Kier molecular flexibility index (Phi) is 4.98. The summed E-state index contributed by atoms with van der Waals surface area (Å²) in [5.41, 5.74) is 8.59. The van der Waals surface area contributed by atoms with Gasteiger partial charge >= 0.3 is 5.97 Å². The van der Waals surface area contributed by atoms with Crippen LogP contribution in [0.5, 0.6) is 0 Å². The third kappa shape index (κ3) is 3.93. The molecule has 96 valence electrons. The van der Waals surface area contributed by atoms with Gasteiger partial charge in [-0.2, -0.15) is 0 Å². The zero-order valence-corrected chi connectivity index (χ0v) is 11.4. The van der Waals surface area contributed by atoms with Crippen LogP contribution in [0.3, 0.4) is 0 Å². The molecule has 0 saturated carbocycles. The summed E-state index contributed by atoms with van der Waals surface area (Å²) in [6.07, 6.45) is 3.61. The molecule has 1 rings (SSSR count). The summed E-state index contributed by atoms with van der Waals surface area (Å²) in [4.78, 5) is 11.3. The molecule has 0 bridgehead atoms. The van der Waals surface area contributed by atoms with Gasteiger partial charge in [0.15, 0.2) is 0 Å². The number of ether oxygens (including phenoxy) is 1. The van der Waals surface area contributed by atoms with E-state index in [2.05, 4.69) is 4.74 Å². The molecular formula is C14H16ClNO2. The number of nitrogen functional groups attached to an aromatic ring is 1. The molecular weight excluding hydrogens is 250 g/mol. The van der Waals surface area contributed by atoms with E-state index >= 15 is 0 Å². The van der Waals surface area contributed by atoms with E-state index in [1.807, 2.05) is 13.0 Å². The van der Waals surface area contributed by atoms with Crippen molar-refractivity contribution in [3.05, 3.63) is 46.0 Å². The third-order valence-electron chi connectivity index (χ3n) is 2.35. The van der Waals surface area contributed by atoms with Gasteiger partial charge in [0.05, 0.1) is 7.11 Å². The molecule has 2 N–H and O–H groups in total. The van der Waals surface area contributed by atoms with E-state index < -0.39 is 0 Å². The highest BCUT2D eigenvalue weighted by atomic mass is 35.5. The van der Waals surface area contributed by atoms with Crippen molar-refractivity contribution in [2.75, 3.05) is 12.8 Å². The molecule has 0 atom stereocenters. The van der Waals surface area contributed by atoms with Crippen molar-refractivity contribution < 1.29 is 9.53 Å². The van der Waals surface area contributed by atoms with Crippen LogP contribution in [-0.4, -0.2) is 13.1 Å². The topological polar surface area (TPSA) is 52.3 Å². The fraction of sp³-hybridized carbons (Fsp3) is 0.214. The lowest BCUT2D eigenvalue weighted by atomic mass is 10.1. The van der Waals surface area contributed by atoms with E-state index in [0.29, 0.717) is 16.3 Å². The highest BCUT2D eigenvalue weighted by molar-refractivity contribution is 6.32. The molecule has 0 saturated heterocycles. The molecule has 0 aliphatic heterocycles. The summed E-state index contributed by atoms with van der Waals surface area (Å²) in [6, 6.07) is 5.27. The highest BCUT2D eigenvalue weighted by Crippen LogP contribution is 2.22. The first kappa shape index (κ1) is 14.3. The minimum Gasteiger partial charge on any atom is -0.466 e. The summed E-state index contributed by atoms with van der Waals surface area (Å²) in [5, 5.41) is 0.618. The van der Waals surface area contributed by atoms with E-state index in [1.54, 1.807) is 31.2 Å². The monoisotopic (exact) mass is 265 g/mol. The molecule has 1 aromatic carbocycles. The van der Waals surface area contributed by atoms with Gasteiger partial charge in [0, 0.05) is 16.3 Å². The number of hydrogen-bond acceptors (Lipinski definition) is 3. The van der Waals surface area contributed by atoms with Crippen molar-refractivity contribution in [3.8, 4) is 0 Å². The lowest BCUT2D eigenvalue weighted by molar-refractivity contribution is -0.136. The van der Waals surface area contributed by atoms with Crippen molar-refractivity contribution >= 4 is 29.3 Å². The van der Waals surface area contributed by atoms with Gasteiger partial charge in [0.2, 0.25) is 0 Å². The van der Waals surface area contributed by atoms with Gasteiger partial charge in [-0.1, -0.05) is 17.7 Å². The van der Waals surface area contributed by atoms with Crippen molar-refractivity contribution in [3.63, 3.8) is 0 Å². The van der Waals surface area contributed by atoms with Gasteiger partial charge in [-0.15, -0.1) is 0 Å². The number of allylic oxidation sites excluding steroid dienone is 2. The second-order valence-electron chi connectivity index (χ2n) is 3.99. The van der Waals surface area contributed by atoms with Crippen molar-refractivity contribution in [1.29, 1.82) is 0 Å². The predicted octanol–water partition coefficient (Wildman–Crippen LogP) is 3.44. The van der Waals surface area contributed by atoms with Crippen LogP contribution in [0.15, 0.2) is 35.4 Å². The fourth-order valence-corrected chi connectivity index (χ4v) is 1.69. The zero-order valence-electron chi connectivity index (χ0n) is 10.7. The third-order valence-corrected chi connectivity index (χ3v) is 2.70. The fourth-order valence-electron chi connectivity index (χ4n) is 1.52. The van der Waals surface area contributed by atoms with Crippen LogP contribution in [0.4, 0.5) is 5.69 Å². The lowest BCUT2D eigenvalue weighted by Crippen LogP contribution is -2.01. The molecule has 0 radical (unpaired) electrons. The molecule has 0 aliphatic carbocycles.